The topological polar surface area (TPSA) is 102 Å². The van der Waals surface area contributed by atoms with Crippen molar-refractivity contribution in [2.75, 3.05) is 19.0 Å². The Morgan fingerprint density at radius 3 is 2.36 bits per heavy atom. The predicted molar refractivity (Wildman–Crippen MR) is 108 cm³/mol. The summed E-state index contributed by atoms with van der Waals surface area (Å²) >= 11 is 0. The predicted octanol–water partition coefficient (Wildman–Crippen LogP) is 4.47. The van der Waals surface area contributed by atoms with Gasteiger partial charge in [-0.1, -0.05) is 39.0 Å². The molecular weight excluding hydrogens is 360 g/mol. The molecule has 2 aromatic carbocycles. The number of carboxylic acids is 1. The Balaban J connectivity index is 2.29. The number of methoxy groups -OCH3 is 1. The zero-order chi connectivity index (χ0) is 20.9. The van der Waals surface area contributed by atoms with Crippen LogP contribution >= 0.6 is 0 Å². The molecule has 2 N–H and O–H groups in total. The maximum Gasteiger partial charge on any atom is 0.311 e. The quantitative estimate of drug-likeness (QED) is 0.513. The first-order valence-corrected chi connectivity index (χ1v) is 8.98. The van der Waals surface area contributed by atoms with Crippen LogP contribution in [0.25, 0.3) is 0 Å². The van der Waals surface area contributed by atoms with Crippen LogP contribution in [0.2, 0.25) is 0 Å². The van der Waals surface area contributed by atoms with E-state index in [9.17, 15) is 20.0 Å². The molecule has 1 unspecified atom stereocenters. The number of ether oxygens (including phenoxy) is 1. The van der Waals surface area contributed by atoms with Crippen LogP contribution in [-0.4, -0.2) is 29.7 Å². The molecule has 0 aromatic heterocycles. The third-order valence-corrected chi connectivity index (χ3v) is 4.32. The summed E-state index contributed by atoms with van der Waals surface area (Å²) < 4.78 is 5.39. The zero-order valence-corrected chi connectivity index (χ0v) is 16.6. The van der Waals surface area contributed by atoms with E-state index in [1.807, 2.05) is 0 Å². The molecule has 0 radical (unpaired) electrons. The molecule has 1 atom stereocenters. The van der Waals surface area contributed by atoms with Crippen molar-refractivity contribution in [1.82, 2.24) is 0 Å². The molecule has 0 heterocycles. The SMILES string of the molecule is COc1ccc(C(Cc2ccc([N+](=O)[O-])cc2)C(=O)O)cc1NCC(C)(C)C. The van der Waals surface area contributed by atoms with Gasteiger partial charge in [0, 0.05) is 18.7 Å². The highest BCUT2D eigenvalue weighted by molar-refractivity contribution is 5.77. The van der Waals surface area contributed by atoms with E-state index < -0.39 is 16.8 Å². The highest BCUT2D eigenvalue weighted by Crippen LogP contribution is 2.32. The Morgan fingerprint density at radius 2 is 1.86 bits per heavy atom. The molecule has 0 saturated carbocycles. The molecule has 0 amide bonds. The van der Waals surface area contributed by atoms with Crippen LogP contribution < -0.4 is 10.1 Å². The first-order valence-electron chi connectivity index (χ1n) is 8.98. The first kappa shape index (κ1) is 21.2. The second-order valence-corrected chi connectivity index (χ2v) is 7.89. The molecule has 0 fully saturated rings. The van der Waals surface area contributed by atoms with Crippen LogP contribution in [0.3, 0.4) is 0 Å². The van der Waals surface area contributed by atoms with Crippen LogP contribution in [0.15, 0.2) is 42.5 Å². The summed E-state index contributed by atoms with van der Waals surface area (Å²) in [4.78, 5) is 22.2. The van der Waals surface area contributed by atoms with Gasteiger partial charge in [-0.2, -0.15) is 0 Å². The molecule has 7 nitrogen and oxygen atoms in total. The lowest BCUT2D eigenvalue weighted by atomic mass is 9.91. The summed E-state index contributed by atoms with van der Waals surface area (Å²) in [7, 11) is 1.57. The molecule has 0 spiro atoms. The monoisotopic (exact) mass is 386 g/mol. The lowest BCUT2D eigenvalue weighted by Crippen LogP contribution is -2.20. The van der Waals surface area contributed by atoms with Gasteiger partial charge in [-0.15, -0.1) is 0 Å². The molecule has 2 aromatic rings. The van der Waals surface area contributed by atoms with Crippen molar-refractivity contribution in [2.45, 2.75) is 33.1 Å². The second-order valence-electron chi connectivity index (χ2n) is 7.89. The fraction of sp³-hybridized carbons (Fsp3) is 0.381. The number of carboxylic acid groups (broad SMARTS) is 1. The summed E-state index contributed by atoms with van der Waals surface area (Å²) in [5, 5.41) is 23.9. The van der Waals surface area contributed by atoms with Crippen molar-refractivity contribution >= 4 is 17.3 Å². The van der Waals surface area contributed by atoms with Gasteiger partial charge in [-0.3, -0.25) is 14.9 Å². The summed E-state index contributed by atoms with van der Waals surface area (Å²) in [5.41, 5.74) is 2.13. The summed E-state index contributed by atoms with van der Waals surface area (Å²) in [6, 6.07) is 11.3. The van der Waals surface area contributed by atoms with Crippen LogP contribution in [0.4, 0.5) is 11.4 Å². The van der Waals surface area contributed by atoms with E-state index in [0.29, 0.717) is 17.9 Å². The van der Waals surface area contributed by atoms with Gasteiger partial charge in [0.05, 0.1) is 23.6 Å². The largest absolute Gasteiger partial charge is 0.495 e. The molecule has 0 saturated heterocycles. The number of rotatable bonds is 8. The van der Waals surface area contributed by atoms with Gasteiger partial charge < -0.3 is 15.2 Å². The van der Waals surface area contributed by atoms with E-state index >= 15 is 0 Å². The lowest BCUT2D eigenvalue weighted by molar-refractivity contribution is -0.384. The molecule has 0 aliphatic carbocycles. The highest BCUT2D eigenvalue weighted by atomic mass is 16.6. The van der Waals surface area contributed by atoms with Gasteiger partial charge in [0.15, 0.2) is 0 Å². The molecule has 7 heteroatoms. The number of nitro groups is 1. The van der Waals surface area contributed by atoms with E-state index in [1.165, 1.54) is 12.1 Å². The number of anilines is 1. The van der Waals surface area contributed by atoms with Crippen molar-refractivity contribution in [2.24, 2.45) is 5.41 Å². The smallest absolute Gasteiger partial charge is 0.311 e. The maximum absolute atomic E-state index is 11.9. The van der Waals surface area contributed by atoms with E-state index in [1.54, 1.807) is 37.4 Å². The first-order chi connectivity index (χ1) is 13.1. The van der Waals surface area contributed by atoms with Crippen LogP contribution in [0, 0.1) is 15.5 Å². The number of aliphatic carboxylic acids is 1. The summed E-state index contributed by atoms with van der Waals surface area (Å²) in [6.07, 6.45) is 0.234. The minimum absolute atomic E-state index is 0.0197. The minimum atomic E-state index is -0.953. The Morgan fingerprint density at radius 1 is 1.21 bits per heavy atom. The van der Waals surface area contributed by atoms with E-state index in [-0.39, 0.29) is 17.5 Å². The molecule has 2 rings (SSSR count). The molecular formula is C21H26N2O5. The summed E-state index contributed by atoms with van der Waals surface area (Å²) in [6.45, 7) is 7.01. The molecule has 28 heavy (non-hydrogen) atoms. The fourth-order valence-electron chi connectivity index (χ4n) is 2.78. The van der Waals surface area contributed by atoms with E-state index in [0.717, 1.165) is 11.3 Å². The number of carbonyl (C=O) groups is 1. The number of hydrogen-bond donors (Lipinski definition) is 2. The molecule has 0 aliphatic rings. The number of hydrogen-bond acceptors (Lipinski definition) is 5. The Kier molecular flexibility index (Phi) is 6.62. The van der Waals surface area contributed by atoms with Gasteiger partial charge in [0.25, 0.3) is 5.69 Å². The van der Waals surface area contributed by atoms with Crippen molar-refractivity contribution in [1.29, 1.82) is 0 Å². The van der Waals surface area contributed by atoms with E-state index in [2.05, 4.69) is 26.1 Å². The minimum Gasteiger partial charge on any atom is -0.495 e. The number of nitrogens with one attached hydrogen (secondary N) is 1. The van der Waals surface area contributed by atoms with Gasteiger partial charge in [0.2, 0.25) is 0 Å². The Labute approximate surface area is 164 Å². The summed E-state index contributed by atoms with van der Waals surface area (Å²) in [5.74, 6) is -1.08. The maximum atomic E-state index is 11.9. The number of nitro benzene ring substituents is 1. The van der Waals surface area contributed by atoms with Crippen molar-refractivity contribution in [3.8, 4) is 5.75 Å². The fourth-order valence-corrected chi connectivity index (χ4v) is 2.78. The number of non-ortho nitro benzene ring substituents is 1. The third-order valence-electron chi connectivity index (χ3n) is 4.32. The third kappa shape index (κ3) is 5.70. The zero-order valence-electron chi connectivity index (χ0n) is 16.6. The normalized spacial score (nSPS) is 12.3. The Hall–Kier alpha value is -3.09. The van der Waals surface area contributed by atoms with Crippen LogP contribution in [0.1, 0.15) is 37.8 Å². The molecule has 0 aliphatic heterocycles. The number of nitrogens with zero attached hydrogens (tertiary/aromatic N) is 1. The van der Waals surface area contributed by atoms with Crippen molar-refractivity contribution in [3.05, 3.63) is 63.7 Å². The number of benzene rings is 2. The Bertz CT molecular complexity index is 841. The van der Waals surface area contributed by atoms with Gasteiger partial charge in [-0.05, 0) is 35.1 Å². The standard InChI is InChI=1S/C21H26N2O5/c1-21(2,3)13-22-18-12-15(7-10-19(18)28-4)17(20(24)25)11-14-5-8-16(9-6-14)23(26)27/h5-10,12,17,22H,11,13H2,1-4H3,(H,24,25). The van der Waals surface area contributed by atoms with Gasteiger partial charge >= 0.3 is 5.97 Å². The van der Waals surface area contributed by atoms with E-state index in [4.69, 9.17) is 4.74 Å². The molecule has 150 valence electrons. The van der Waals surface area contributed by atoms with Crippen LogP contribution in [0.5, 0.6) is 5.75 Å². The average Bonchev–Trinajstić information content (AvgIpc) is 2.63. The highest BCUT2D eigenvalue weighted by Gasteiger charge is 2.22. The van der Waals surface area contributed by atoms with Crippen molar-refractivity contribution < 1.29 is 19.6 Å². The lowest BCUT2D eigenvalue weighted by Gasteiger charge is -2.22. The molecule has 0 bridgehead atoms. The van der Waals surface area contributed by atoms with Gasteiger partial charge in [-0.25, -0.2) is 0 Å². The second kappa shape index (κ2) is 8.73. The average molecular weight is 386 g/mol. The van der Waals surface area contributed by atoms with Gasteiger partial charge in [0.1, 0.15) is 5.75 Å². The van der Waals surface area contributed by atoms with Crippen LogP contribution in [-0.2, 0) is 11.2 Å². The van der Waals surface area contributed by atoms with Crippen molar-refractivity contribution in [3.63, 3.8) is 0 Å².